The van der Waals surface area contributed by atoms with Gasteiger partial charge in [-0.15, -0.1) is 0 Å². The van der Waals surface area contributed by atoms with Crippen LogP contribution in [0.4, 0.5) is 5.69 Å². The largest absolute Gasteiger partial charge is 0.462 e. The molecule has 1 aliphatic heterocycles. The SMILES string of the molecule is CC(C)COC(=O)c1cccc(N2C(=O)[C@@H]3[C@@H](C2=O)C2c4ccccc4C3(Br)c3ccccc32)c1. The maximum Gasteiger partial charge on any atom is 0.338 e. The van der Waals surface area contributed by atoms with Gasteiger partial charge in [-0.3, -0.25) is 9.59 Å². The van der Waals surface area contributed by atoms with Crippen molar-refractivity contribution in [2.45, 2.75) is 24.1 Å². The van der Waals surface area contributed by atoms with Crippen molar-refractivity contribution in [1.29, 1.82) is 0 Å². The van der Waals surface area contributed by atoms with E-state index in [4.69, 9.17) is 4.74 Å². The lowest BCUT2D eigenvalue weighted by atomic mass is 9.55. The maximum atomic E-state index is 14.0. The van der Waals surface area contributed by atoms with Crippen molar-refractivity contribution in [3.05, 3.63) is 101 Å². The van der Waals surface area contributed by atoms with Crippen LogP contribution in [0.5, 0.6) is 0 Å². The van der Waals surface area contributed by atoms with Gasteiger partial charge in [-0.25, -0.2) is 9.69 Å². The van der Waals surface area contributed by atoms with Gasteiger partial charge in [0.05, 0.1) is 34.0 Å². The quantitative estimate of drug-likeness (QED) is 0.258. The highest BCUT2D eigenvalue weighted by atomic mass is 79.9. The number of carbonyl (C=O) groups is 3. The summed E-state index contributed by atoms with van der Waals surface area (Å²) in [5.74, 6) is -2.05. The first-order valence-corrected chi connectivity index (χ1v) is 12.7. The van der Waals surface area contributed by atoms with Crippen LogP contribution in [0.25, 0.3) is 0 Å². The van der Waals surface area contributed by atoms with E-state index in [9.17, 15) is 14.4 Å². The average molecular weight is 530 g/mol. The summed E-state index contributed by atoms with van der Waals surface area (Å²) in [5.41, 5.74) is 4.97. The first-order chi connectivity index (χ1) is 16.8. The van der Waals surface area contributed by atoms with Crippen molar-refractivity contribution < 1.29 is 19.1 Å². The molecule has 35 heavy (non-hydrogen) atoms. The zero-order valence-corrected chi connectivity index (χ0v) is 21.0. The van der Waals surface area contributed by atoms with E-state index in [0.29, 0.717) is 17.9 Å². The lowest BCUT2D eigenvalue weighted by Gasteiger charge is -2.51. The highest BCUT2D eigenvalue weighted by molar-refractivity contribution is 9.09. The predicted octanol–water partition coefficient (Wildman–Crippen LogP) is 5.40. The number of nitrogens with zero attached hydrogens (tertiary/aromatic N) is 1. The van der Waals surface area contributed by atoms with Crippen molar-refractivity contribution in [2.75, 3.05) is 11.5 Å². The van der Waals surface area contributed by atoms with E-state index in [1.807, 2.05) is 38.1 Å². The van der Waals surface area contributed by atoms with Crippen LogP contribution >= 0.6 is 15.9 Å². The molecule has 2 amide bonds. The molecule has 0 radical (unpaired) electrons. The van der Waals surface area contributed by atoms with Crippen molar-refractivity contribution in [2.24, 2.45) is 17.8 Å². The summed E-state index contributed by atoms with van der Waals surface area (Å²) in [6.45, 7) is 4.24. The number of halogens is 1. The second kappa shape index (κ2) is 7.89. The van der Waals surface area contributed by atoms with Crippen LogP contribution in [0.2, 0.25) is 0 Å². The molecule has 3 aromatic rings. The minimum absolute atomic E-state index is 0.201. The summed E-state index contributed by atoms with van der Waals surface area (Å²) < 4.78 is 4.57. The molecular weight excluding hydrogens is 506 g/mol. The van der Waals surface area contributed by atoms with Gasteiger partial charge in [-0.1, -0.05) is 84.4 Å². The summed E-state index contributed by atoms with van der Waals surface area (Å²) in [6, 6.07) is 22.8. The molecule has 0 saturated carbocycles. The number of amides is 2. The Morgan fingerprint density at radius 1 is 0.943 bits per heavy atom. The Labute approximate surface area is 212 Å². The molecule has 0 spiro atoms. The summed E-state index contributed by atoms with van der Waals surface area (Å²) in [7, 11) is 0. The van der Waals surface area contributed by atoms with Crippen LogP contribution in [0.1, 0.15) is 52.4 Å². The molecule has 0 unspecified atom stereocenters. The Balaban J connectivity index is 1.45. The Bertz CT molecular complexity index is 1350. The van der Waals surface area contributed by atoms with Crippen molar-refractivity contribution >= 4 is 39.4 Å². The van der Waals surface area contributed by atoms with E-state index in [-0.39, 0.29) is 23.7 Å². The molecule has 176 valence electrons. The molecule has 4 aliphatic rings. The Hall–Kier alpha value is -3.25. The maximum absolute atomic E-state index is 14.0. The van der Waals surface area contributed by atoms with Gasteiger partial charge in [-0.2, -0.15) is 0 Å². The standard InChI is InChI=1S/C29H24BrNO4/c1-16(2)15-35-28(34)17-8-7-9-18(14-17)31-26(32)24-23-19-10-3-5-12-21(19)29(30,25(24)27(31)33)22-13-6-4-11-20(22)23/h3-14,16,23-25H,15H2,1-2H3/t23?,24-,25-,29?/m0/s1. The topological polar surface area (TPSA) is 63.7 Å². The fourth-order valence-electron chi connectivity index (χ4n) is 6.03. The number of benzene rings is 3. The molecule has 6 heteroatoms. The van der Waals surface area contributed by atoms with E-state index in [2.05, 4.69) is 40.2 Å². The van der Waals surface area contributed by atoms with Crippen molar-refractivity contribution in [1.82, 2.24) is 0 Å². The van der Waals surface area contributed by atoms with Gasteiger partial charge in [0, 0.05) is 5.92 Å². The summed E-state index contributed by atoms with van der Waals surface area (Å²) in [4.78, 5) is 41.8. The van der Waals surface area contributed by atoms with Crippen molar-refractivity contribution in [3.63, 3.8) is 0 Å². The number of imide groups is 1. The first kappa shape index (κ1) is 22.2. The number of hydrogen-bond acceptors (Lipinski definition) is 4. The minimum Gasteiger partial charge on any atom is -0.462 e. The van der Waals surface area contributed by atoms with Gasteiger partial charge in [0.1, 0.15) is 0 Å². The third-order valence-electron chi connectivity index (χ3n) is 7.40. The third-order valence-corrected chi connectivity index (χ3v) is 8.75. The van der Waals surface area contributed by atoms with E-state index in [0.717, 1.165) is 22.3 Å². The van der Waals surface area contributed by atoms with Crippen LogP contribution < -0.4 is 4.90 Å². The highest BCUT2D eigenvalue weighted by Gasteiger charge is 2.67. The van der Waals surface area contributed by atoms with E-state index < -0.39 is 22.1 Å². The van der Waals surface area contributed by atoms with Gasteiger partial charge < -0.3 is 4.74 Å². The molecule has 5 nitrogen and oxygen atoms in total. The second-order valence-electron chi connectivity index (χ2n) is 9.92. The lowest BCUT2D eigenvalue weighted by Crippen LogP contribution is -2.50. The Kier molecular flexibility index (Phi) is 5.01. The molecule has 2 bridgehead atoms. The van der Waals surface area contributed by atoms with Gasteiger partial charge in [-0.05, 0) is 46.4 Å². The van der Waals surface area contributed by atoms with Gasteiger partial charge >= 0.3 is 5.97 Å². The molecule has 3 aliphatic carbocycles. The zero-order valence-electron chi connectivity index (χ0n) is 19.4. The van der Waals surface area contributed by atoms with Crippen LogP contribution in [0.3, 0.4) is 0 Å². The molecular formula is C29H24BrNO4. The van der Waals surface area contributed by atoms with E-state index >= 15 is 0 Å². The molecule has 1 saturated heterocycles. The van der Waals surface area contributed by atoms with Gasteiger partial charge in [0.15, 0.2) is 0 Å². The van der Waals surface area contributed by atoms with Gasteiger partial charge in [0.2, 0.25) is 11.8 Å². The number of carbonyl (C=O) groups excluding carboxylic acids is 3. The molecule has 7 rings (SSSR count). The average Bonchev–Trinajstić information content (AvgIpc) is 3.14. The monoisotopic (exact) mass is 529 g/mol. The molecule has 1 fully saturated rings. The lowest BCUT2D eigenvalue weighted by molar-refractivity contribution is -0.122. The number of hydrogen-bond donors (Lipinski definition) is 0. The number of esters is 1. The molecule has 1 heterocycles. The van der Waals surface area contributed by atoms with Crippen LogP contribution in [-0.2, 0) is 18.7 Å². The number of alkyl halides is 1. The van der Waals surface area contributed by atoms with Crippen LogP contribution in [-0.4, -0.2) is 24.4 Å². The summed E-state index contributed by atoms with van der Waals surface area (Å²) >= 11 is 4.00. The second-order valence-corrected chi connectivity index (χ2v) is 11.2. The molecule has 2 atom stereocenters. The summed E-state index contributed by atoms with van der Waals surface area (Å²) in [5, 5.41) is 0. The predicted molar refractivity (Wildman–Crippen MR) is 135 cm³/mol. The molecule has 3 aromatic carbocycles. The van der Waals surface area contributed by atoms with E-state index in [1.54, 1.807) is 24.3 Å². The fourth-order valence-corrected chi connectivity index (χ4v) is 7.23. The highest BCUT2D eigenvalue weighted by Crippen LogP contribution is 2.66. The zero-order chi connectivity index (χ0) is 24.5. The molecule has 0 N–H and O–H groups in total. The first-order valence-electron chi connectivity index (χ1n) is 11.9. The van der Waals surface area contributed by atoms with Crippen LogP contribution in [0, 0.1) is 17.8 Å². The number of ether oxygens (including phenoxy) is 1. The third kappa shape index (κ3) is 3.02. The molecule has 0 aromatic heterocycles. The van der Waals surface area contributed by atoms with Crippen LogP contribution in [0.15, 0.2) is 72.8 Å². The minimum atomic E-state index is -0.797. The van der Waals surface area contributed by atoms with Gasteiger partial charge in [0.25, 0.3) is 0 Å². The number of rotatable bonds is 4. The Morgan fingerprint density at radius 2 is 1.57 bits per heavy atom. The normalized spacial score (nSPS) is 25.9. The fraction of sp³-hybridized carbons (Fsp3) is 0.276. The van der Waals surface area contributed by atoms with E-state index in [1.165, 1.54) is 4.90 Å². The number of anilines is 1. The summed E-state index contributed by atoms with van der Waals surface area (Å²) in [6.07, 6.45) is 0. The smallest absolute Gasteiger partial charge is 0.338 e. The Morgan fingerprint density at radius 3 is 2.20 bits per heavy atom. The van der Waals surface area contributed by atoms with Crippen molar-refractivity contribution in [3.8, 4) is 0 Å².